The number of carbonyl (C=O) groups is 2. The Balaban J connectivity index is 2.08. The van der Waals surface area contributed by atoms with E-state index in [1.165, 1.54) is 49.3 Å². The zero-order valence-corrected chi connectivity index (χ0v) is 13.8. The van der Waals surface area contributed by atoms with Crippen LogP contribution in [-0.4, -0.2) is 35.9 Å². The second-order valence-electron chi connectivity index (χ2n) is 5.72. The molecular formula is C18H18F2N2O3. The van der Waals surface area contributed by atoms with Gasteiger partial charge in [0.05, 0.1) is 18.1 Å². The average molecular weight is 348 g/mol. The highest BCUT2D eigenvalue weighted by atomic mass is 19.1. The van der Waals surface area contributed by atoms with Gasteiger partial charge in [0.25, 0.3) is 5.91 Å². The van der Waals surface area contributed by atoms with E-state index in [9.17, 15) is 23.5 Å². The van der Waals surface area contributed by atoms with Gasteiger partial charge in [-0.05, 0) is 35.9 Å². The van der Waals surface area contributed by atoms with E-state index >= 15 is 0 Å². The van der Waals surface area contributed by atoms with Crippen molar-refractivity contribution in [1.82, 2.24) is 4.90 Å². The number of aliphatic hydroxyl groups is 1. The zero-order valence-electron chi connectivity index (χ0n) is 13.8. The molecule has 0 heterocycles. The van der Waals surface area contributed by atoms with Crippen molar-refractivity contribution in [2.75, 3.05) is 19.4 Å². The van der Waals surface area contributed by atoms with Crippen LogP contribution in [0.4, 0.5) is 14.5 Å². The van der Waals surface area contributed by atoms with Crippen LogP contribution in [0, 0.1) is 11.6 Å². The monoisotopic (exact) mass is 348 g/mol. The average Bonchev–Trinajstić information content (AvgIpc) is 2.55. The van der Waals surface area contributed by atoms with Crippen molar-refractivity contribution in [3.05, 3.63) is 65.2 Å². The van der Waals surface area contributed by atoms with E-state index in [0.717, 1.165) is 12.1 Å². The molecule has 2 aromatic rings. The number of halogens is 2. The molecule has 0 saturated heterocycles. The van der Waals surface area contributed by atoms with E-state index in [2.05, 4.69) is 5.32 Å². The van der Waals surface area contributed by atoms with E-state index in [-0.39, 0.29) is 23.2 Å². The van der Waals surface area contributed by atoms with E-state index in [1.54, 1.807) is 0 Å². The van der Waals surface area contributed by atoms with Crippen LogP contribution in [0.5, 0.6) is 0 Å². The summed E-state index contributed by atoms with van der Waals surface area (Å²) in [5, 5.41) is 12.5. The summed E-state index contributed by atoms with van der Waals surface area (Å²) < 4.78 is 26.9. The summed E-state index contributed by atoms with van der Waals surface area (Å²) in [6, 6.07) is 8.94. The molecule has 0 aliphatic rings. The Morgan fingerprint density at radius 3 is 2.52 bits per heavy atom. The number of anilines is 1. The molecule has 7 heteroatoms. The highest BCUT2D eigenvalue weighted by Crippen LogP contribution is 2.20. The molecule has 5 nitrogen and oxygen atoms in total. The highest BCUT2D eigenvalue weighted by molar-refractivity contribution is 5.97. The van der Waals surface area contributed by atoms with Gasteiger partial charge in [-0.25, -0.2) is 8.78 Å². The smallest absolute Gasteiger partial charge is 0.256 e. The third-order valence-electron chi connectivity index (χ3n) is 3.50. The van der Waals surface area contributed by atoms with Gasteiger partial charge in [-0.2, -0.15) is 0 Å². The van der Waals surface area contributed by atoms with Crippen molar-refractivity contribution in [2.45, 2.75) is 12.5 Å². The predicted molar refractivity (Wildman–Crippen MR) is 89.0 cm³/mol. The molecule has 1 atom stereocenters. The molecule has 0 fully saturated rings. The van der Waals surface area contributed by atoms with Crippen LogP contribution < -0.4 is 5.32 Å². The van der Waals surface area contributed by atoms with Gasteiger partial charge >= 0.3 is 0 Å². The molecule has 0 spiro atoms. The minimum atomic E-state index is -1.18. The predicted octanol–water partition coefficient (Wildman–Crippen LogP) is 2.73. The summed E-state index contributed by atoms with van der Waals surface area (Å²) in [6.45, 7) is 0. The summed E-state index contributed by atoms with van der Waals surface area (Å²) in [6.07, 6.45) is -1.49. The molecule has 0 aliphatic carbocycles. The van der Waals surface area contributed by atoms with E-state index in [1.807, 2.05) is 0 Å². The van der Waals surface area contributed by atoms with Gasteiger partial charge in [0.1, 0.15) is 11.6 Å². The van der Waals surface area contributed by atoms with Crippen molar-refractivity contribution >= 4 is 17.5 Å². The molecule has 0 saturated carbocycles. The largest absolute Gasteiger partial charge is 0.388 e. The Hall–Kier alpha value is -2.80. The van der Waals surface area contributed by atoms with Crippen LogP contribution in [0.2, 0.25) is 0 Å². The van der Waals surface area contributed by atoms with Gasteiger partial charge in [-0.3, -0.25) is 9.59 Å². The number of rotatable bonds is 5. The van der Waals surface area contributed by atoms with Crippen molar-refractivity contribution in [3.63, 3.8) is 0 Å². The first-order chi connectivity index (χ1) is 11.8. The number of hydrogen-bond donors (Lipinski definition) is 2. The fraction of sp³-hybridized carbons (Fsp3) is 0.222. The SMILES string of the molecule is CN(C)C(=O)c1cc(NC(=O)CC(O)c2cccc(F)c2)ccc1F. The lowest BCUT2D eigenvalue weighted by Gasteiger charge is -2.14. The Morgan fingerprint density at radius 1 is 1.16 bits per heavy atom. The summed E-state index contributed by atoms with van der Waals surface area (Å²) in [7, 11) is 2.98. The second-order valence-corrected chi connectivity index (χ2v) is 5.72. The minimum Gasteiger partial charge on any atom is -0.388 e. The minimum absolute atomic E-state index is 0.173. The summed E-state index contributed by atoms with van der Waals surface area (Å²) in [5.74, 6) is -2.29. The first kappa shape index (κ1) is 18.5. The fourth-order valence-electron chi connectivity index (χ4n) is 2.23. The number of amides is 2. The highest BCUT2D eigenvalue weighted by Gasteiger charge is 2.17. The number of nitrogens with one attached hydrogen (secondary N) is 1. The molecule has 0 bridgehead atoms. The van der Waals surface area contributed by atoms with E-state index in [0.29, 0.717) is 0 Å². The Morgan fingerprint density at radius 2 is 1.88 bits per heavy atom. The van der Waals surface area contributed by atoms with Gasteiger partial charge in [0.15, 0.2) is 0 Å². The number of hydrogen-bond acceptors (Lipinski definition) is 3. The Kier molecular flexibility index (Phi) is 5.82. The lowest BCUT2D eigenvalue weighted by atomic mass is 10.1. The first-order valence-corrected chi connectivity index (χ1v) is 7.52. The Labute approximate surface area is 143 Å². The third-order valence-corrected chi connectivity index (χ3v) is 3.50. The van der Waals surface area contributed by atoms with Crippen LogP contribution >= 0.6 is 0 Å². The van der Waals surface area contributed by atoms with Crippen LogP contribution in [0.25, 0.3) is 0 Å². The summed E-state index contributed by atoms with van der Waals surface area (Å²) in [4.78, 5) is 25.1. The van der Waals surface area contributed by atoms with E-state index < -0.39 is 29.6 Å². The quantitative estimate of drug-likeness (QED) is 0.873. The topological polar surface area (TPSA) is 69.6 Å². The lowest BCUT2D eigenvalue weighted by Crippen LogP contribution is -2.23. The van der Waals surface area contributed by atoms with Crippen LogP contribution in [0.3, 0.4) is 0 Å². The molecule has 2 rings (SSSR count). The van der Waals surface area contributed by atoms with Crippen LogP contribution in [0.15, 0.2) is 42.5 Å². The zero-order chi connectivity index (χ0) is 18.6. The molecular weight excluding hydrogens is 330 g/mol. The summed E-state index contributed by atoms with van der Waals surface area (Å²) >= 11 is 0. The molecule has 2 amide bonds. The molecule has 132 valence electrons. The molecule has 0 radical (unpaired) electrons. The molecule has 0 aromatic heterocycles. The number of carbonyl (C=O) groups excluding carboxylic acids is 2. The maximum Gasteiger partial charge on any atom is 0.256 e. The van der Waals surface area contributed by atoms with Crippen molar-refractivity contribution in [1.29, 1.82) is 0 Å². The van der Waals surface area contributed by atoms with Gasteiger partial charge in [-0.1, -0.05) is 12.1 Å². The van der Waals surface area contributed by atoms with Crippen molar-refractivity contribution in [2.24, 2.45) is 0 Å². The Bertz CT molecular complexity index is 794. The molecule has 2 N–H and O–H groups in total. The lowest BCUT2D eigenvalue weighted by molar-refractivity contribution is -0.118. The van der Waals surface area contributed by atoms with Gasteiger partial charge < -0.3 is 15.3 Å². The van der Waals surface area contributed by atoms with Gasteiger partial charge in [-0.15, -0.1) is 0 Å². The number of nitrogens with zero attached hydrogens (tertiary/aromatic N) is 1. The van der Waals surface area contributed by atoms with Crippen molar-refractivity contribution in [3.8, 4) is 0 Å². The number of aliphatic hydroxyl groups excluding tert-OH is 1. The number of benzene rings is 2. The van der Waals surface area contributed by atoms with Crippen LogP contribution in [0.1, 0.15) is 28.4 Å². The first-order valence-electron chi connectivity index (χ1n) is 7.52. The third kappa shape index (κ3) is 4.84. The van der Waals surface area contributed by atoms with Gasteiger partial charge in [0, 0.05) is 19.8 Å². The second kappa shape index (κ2) is 7.85. The fourth-order valence-corrected chi connectivity index (χ4v) is 2.23. The molecule has 2 aromatic carbocycles. The maximum absolute atomic E-state index is 13.8. The van der Waals surface area contributed by atoms with E-state index in [4.69, 9.17) is 0 Å². The molecule has 25 heavy (non-hydrogen) atoms. The standard InChI is InChI=1S/C18H18F2N2O3/c1-22(2)18(25)14-9-13(6-7-15(14)20)21-17(24)10-16(23)11-4-3-5-12(19)8-11/h3-9,16,23H,10H2,1-2H3,(H,21,24). The molecule has 1 unspecified atom stereocenters. The van der Waals surface area contributed by atoms with Gasteiger partial charge in [0.2, 0.25) is 5.91 Å². The van der Waals surface area contributed by atoms with Crippen molar-refractivity contribution < 1.29 is 23.5 Å². The normalized spacial score (nSPS) is 11.7. The summed E-state index contributed by atoms with van der Waals surface area (Å²) in [5.41, 5.74) is 0.328. The van der Waals surface area contributed by atoms with Crippen LogP contribution in [-0.2, 0) is 4.79 Å². The maximum atomic E-state index is 13.8. The molecule has 0 aliphatic heterocycles.